The number of hydrogen-bond acceptors (Lipinski definition) is 2. The lowest BCUT2D eigenvalue weighted by atomic mass is 9.93. The van der Waals surface area contributed by atoms with Gasteiger partial charge in [-0.05, 0) is 153 Å². The molecule has 284 valence electrons. The van der Waals surface area contributed by atoms with Gasteiger partial charge in [-0.15, -0.1) is 0 Å². The molecule has 2 aliphatic rings. The monoisotopic (exact) mass is 766 g/mol. The average molecular weight is 767 g/mol. The third-order valence-corrected chi connectivity index (χ3v) is 12.9. The first-order valence-electron chi connectivity index (χ1n) is 21.1. The second-order valence-corrected chi connectivity index (χ2v) is 16.7. The normalized spacial score (nSPS) is 12.4. The summed E-state index contributed by atoms with van der Waals surface area (Å²) in [5, 5.41) is 7.35. The van der Waals surface area contributed by atoms with E-state index in [0.717, 1.165) is 47.0 Å². The van der Waals surface area contributed by atoms with Gasteiger partial charge in [-0.2, -0.15) is 0 Å². The van der Waals surface area contributed by atoms with Crippen LogP contribution in [-0.2, 0) is 12.8 Å². The summed E-state index contributed by atoms with van der Waals surface area (Å²) >= 11 is 0. The van der Waals surface area contributed by atoms with Crippen molar-refractivity contribution in [1.29, 1.82) is 0 Å². The molecule has 0 spiro atoms. The highest BCUT2D eigenvalue weighted by Gasteiger charge is 2.26. The molecule has 0 saturated heterocycles. The van der Waals surface area contributed by atoms with Crippen LogP contribution in [0.25, 0.3) is 54.6 Å². The van der Waals surface area contributed by atoms with Crippen LogP contribution in [-0.4, -0.2) is 0 Å². The highest BCUT2D eigenvalue weighted by molar-refractivity contribution is 6.24. The fourth-order valence-electron chi connectivity index (χ4n) is 10.1. The minimum Gasteiger partial charge on any atom is -0.310 e. The van der Waals surface area contributed by atoms with Crippen LogP contribution < -0.4 is 9.80 Å². The van der Waals surface area contributed by atoms with Gasteiger partial charge in [0.25, 0.3) is 0 Å². The molecule has 0 amide bonds. The number of rotatable bonds is 6. The fourth-order valence-corrected chi connectivity index (χ4v) is 10.1. The molecular formula is C58H42N2. The third-order valence-electron chi connectivity index (χ3n) is 12.9. The number of fused-ring (bicyclic) bond motifs is 11. The van der Waals surface area contributed by atoms with Crippen LogP contribution in [0, 0.1) is 13.8 Å². The second-order valence-electron chi connectivity index (χ2n) is 16.7. The van der Waals surface area contributed by atoms with Gasteiger partial charge in [0.15, 0.2) is 0 Å². The van der Waals surface area contributed by atoms with E-state index in [0.29, 0.717) is 0 Å². The Bertz CT molecular complexity index is 3120. The molecule has 0 saturated carbocycles. The van der Waals surface area contributed by atoms with Crippen LogP contribution in [0.3, 0.4) is 0 Å². The molecule has 0 N–H and O–H groups in total. The molecule has 2 aliphatic carbocycles. The van der Waals surface area contributed by atoms with Gasteiger partial charge in [0.1, 0.15) is 0 Å². The van der Waals surface area contributed by atoms with Crippen LogP contribution in [0.15, 0.2) is 194 Å². The van der Waals surface area contributed by atoms with Gasteiger partial charge in [0.2, 0.25) is 0 Å². The van der Waals surface area contributed by atoms with Gasteiger partial charge >= 0.3 is 0 Å². The SMILES string of the molecule is Cc1ccc2c(c1)-c1cc(N(c3ccccc3)c3cc4c5ccccc5c(N(c5ccccc5)c5ccc6c(c5)-c5cc(C)ccc5C6)cc4c4ccccc34)ccc1C2. The number of nitrogens with zero attached hydrogens (tertiary/aromatic N) is 2. The summed E-state index contributed by atoms with van der Waals surface area (Å²) < 4.78 is 0. The van der Waals surface area contributed by atoms with E-state index >= 15 is 0 Å². The lowest BCUT2D eigenvalue weighted by molar-refractivity contribution is 1.24. The Morgan fingerprint density at radius 2 is 0.633 bits per heavy atom. The van der Waals surface area contributed by atoms with E-state index in [1.54, 1.807) is 0 Å². The van der Waals surface area contributed by atoms with Gasteiger partial charge in [-0.25, -0.2) is 0 Å². The van der Waals surface area contributed by atoms with Crippen molar-refractivity contribution in [2.45, 2.75) is 26.7 Å². The van der Waals surface area contributed by atoms with Gasteiger partial charge in [0, 0.05) is 33.5 Å². The molecule has 60 heavy (non-hydrogen) atoms. The molecule has 2 heteroatoms. The van der Waals surface area contributed by atoms with E-state index in [1.165, 1.54) is 88.0 Å². The van der Waals surface area contributed by atoms with Crippen molar-refractivity contribution in [3.8, 4) is 22.3 Å². The zero-order chi connectivity index (χ0) is 39.9. The molecule has 0 fully saturated rings. The molecule has 0 atom stereocenters. The van der Waals surface area contributed by atoms with Gasteiger partial charge in [-0.1, -0.05) is 145 Å². The van der Waals surface area contributed by atoms with E-state index in [4.69, 9.17) is 0 Å². The smallest absolute Gasteiger partial charge is 0.0546 e. The Hall–Kier alpha value is -7.42. The zero-order valence-electron chi connectivity index (χ0n) is 33.8. The second kappa shape index (κ2) is 13.6. The molecule has 0 aromatic heterocycles. The number of para-hydroxylation sites is 2. The average Bonchev–Trinajstić information content (AvgIpc) is 3.84. The number of benzene rings is 10. The largest absolute Gasteiger partial charge is 0.310 e. The Balaban J connectivity index is 1.11. The Morgan fingerprint density at radius 3 is 1.05 bits per heavy atom. The Kier molecular flexibility index (Phi) is 7.83. The summed E-state index contributed by atoms with van der Waals surface area (Å²) in [5.41, 5.74) is 20.5. The van der Waals surface area contributed by atoms with Crippen LogP contribution >= 0.6 is 0 Å². The summed E-state index contributed by atoms with van der Waals surface area (Å²) in [5.74, 6) is 0. The number of hydrogen-bond donors (Lipinski definition) is 0. The van der Waals surface area contributed by atoms with Gasteiger partial charge in [-0.3, -0.25) is 0 Å². The van der Waals surface area contributed by atoms with E-state index < -0.39 is 0 Å². The first kappa shape index (κ1) is 34.6. The molecule has 0 heterocycles. The zero-order valence-corrected chi connectivity index (χ0v) is 33.8. The van der Waals surface area contributed by atoms with E-state index in [-0.39, 0.29) is 0 Å². The van der Waals surface area contributed by atoms with Crippen LogP contribution in [0.4, 0.5) is 34.1 Å². The van der Waals surface area contributed by atoms with Crippen LogP contribution in [0.5, 0.6) is 0 Å². The van der Waals surface area contributed by atoms with Crippen LogP contribution in [0.2, 0.25) is 0 Å². The molecule has 0 unspecified atom stereocenters. The highest BCUT2D eigenvalue weighted by Crippen LogP contribution is 2.50. The van der Waals surface area contributed by atoms with Crippen molar-refractivity contribution in [2.24, 2.45) is 0 Å². The van der Waals surface area contributed by atoms with E-state index in [2.05, 4.69) is 218 Å². The Labute approximate surface area is 351 Å². The molecule has 0 bridgehead atoms. The third kappa shape index (κ3) is 5.48. The van der Waals surface area contributed by atoms with E-state index in [1.807, 2.05) is 0 Å². The standard InChI is InChI=1S/C58H42N2/c1-37-21-23-39-31-41-25-27-45(33-53(41)51(39)29-37)59(43-13-5-3-6-14-43)57-35-55-48-18-10-12-20-50(48)58(36-56(55)47-17-9-11-19-49(47)57)60(44-15-7-4-8-16-44)46-28-26-42-32-40-24-22-38(2)30-52(40)54(42)34-46/h3-30,33-36H,31-32H2,1-2H3. The van der Waals surface area contributed by atoms with Crippen molar-refractivity contribution in [3.63, 3.8) is 0 Å². The summed E-state index contributed by atoms with van der Waals surface area (Å²) in [7, 11) is 0. The van der Waals surface area contributed by atoms with Crippen molar-refractivity contribution >= 4 is 66.4 Å². The number of aryl methyl sites for hydroxylation is 2. The van der Waals surface area contributed by atoms with Crippen molar-refractivity contribution < 1.29 is 0 Å². The highest BCUT2D eigenvalue weighted by atomic mass is 15.2. The summed E-state index contributed by atoms with van der Waals surface area (Å²) in [6, 6.07) is 72.6. The van der Waals surface area contributed by atoms with E-state index in [9.17, 15) is 0 Å². The Morgan fingerprint density at radius 1 is 0.283 bits per heavy atom. The maximum Gasteiger partial charge on any atom is 0.0546 e. The summed E-state index contributed by atoms with van der Waals surface area (Å²) in [4.78, 5) is 4.94. The van der Waals surface area contributed by atoms with Crippen LogP contribution in [0.1, 0.15) is 33.4 Å². The lowest BCUT2D eigenvalue weighted by Crippen LogP contribution is -2.12. The van der Waals surface area contributed by atoms with Crippen molar-refractivity contribution in [1.82, 2.24) is 0 Å². The van der Waals surface area contributed by atoms with Crippen molar-refractivity contribution in [2.75, 3.05) is 9.80 Å². The first-order chi connectivity index (χ1) is 29.6. The topological polar surface area (TPSA) is 6.48 Å². The minimum atomic E-state index is 0.974. The van der Waals surface area contributed by atoms with Crippen molar-refractivity contribution in [3.05, 3.63) is 228 Å². The minimum absolute atomic E-state index is 0.974. The van der Waals surface area contributed by atoms with Gasteiger partial charge < -0.3 is 9.80 Å². The summed E-state index contributed by atoms with van der Waals surface area (Å²) in [6.07, 6.45) is 1.95. The fraction of sp³-hybridized carbons (Fsp3) is 0.0690. The summed E-state index contributed by atoms with van der Waals surface area (Å²) in [6.45, 7) is 4.39. The molecule has 10 aromatic rings. The molecule has 0 aliphatic heterocycles. The molecule has 0 radical (unpaired) electrons. The maximum atomic E-state index is 2.47. The molecule has 12 rings (SSSR count). The van der Waals surface area contributed by atoms with Gasteiger partial charge in [0.05, 0.1) is 11.4 Å². The number of anilines is 6. The maximum absolute atomic E-state index is 2.47. The first-order valence-corrected chi connectivity index (χ1v) is 21.1. The lowest BCUT2D eigenvalue weighted by Gasteiger charge is -2.30. The molecule has 2 nitrogen and oxygen atoms in total. The molecule has 10 aromatic carbocycles. The predicted molar refractivity (Wildman–Crippen MR) is 254 cm³/mol. The predicted octanol–water partition coefficient (Wildman–Crippen LogP) is 15.8. The molecular weight excluding hydrogens is 725 g/mol. The quantitative estimate of drug-likeness (QED) is 0.156.